The molecule has 0 saturated heterocycles. The molecule has 0 radical (unpaired) electrons. The molecule has 0 aromatic heterocycles. The molecule has 0 unspecified atom stereocenters. The summed E-state index contributed by atoms with van der Waals surface area (Å²) in [6.45, 7) is 0. The lowest BCUT2D eigenvalue weighted by molar-refractivity contribution is -0.339. The van der Waals surface area contributed by atoms with Gasteiger partial charge in [-0.3, -0.25) is 0 Å². The molecule has 0 nitrogen and oxygen atoms in total. The van der Waals surface area contributed by atoms with Gasteiger partial charge in [-0.25, -0.2) is 0 Å². The second-order valence-electron chi connectivity index (χ2n) is 2.59. The molecule has 0 N–H and O–H groups in total. The van der Waals surface area contributed by atoms with Crippen LogP contribution in [0.1, 0.15) is 0 Å². The van der Waals surface area contributed by atoms with Crippen LogP contribution < -0.4 is 0 Å². The van der Waals surface area contributed by atoms with Crippen molar-refractivity contribution in [2.75, 3.05) is 0 Å². The van der Waals surface area contributed by atoms with Crippen molar-refractivity contribution in [2.24, 2.45) is 0 Å². The van der Waals surface area contributed by atoms with E-state index in [1.165, 1.54) is 0 Å². The molecule has 0 aromatic carbocycles. The largest absolute Gasteiger partial charge is 0.390 e. The first-order valence-electron chi connectivity index (χ1n) is 3.34. The second kappa shape index (κ2) is 3.55. The Balaban J connectivity index is 5.70. The zero-order valence-electron chi connectivity index (χ0n) is 7.18. The van der Waals surface area contributed by atoms with Crippen LogP contribution in [0.15, 0.2) is 0 Å². The van der Waals surface area contributed by atoms with Crippen LogP contribution in [0.25, 0.3) is 0 Å². The van der Waals surface area contributed by atoms with Crippen molar-refractivity contribution in [2.45, 2.75) is 23.7 Å². The molecular formula is C8H2F8. The summed E-state index contributed by atoms with van der Waals surface area (Å²) in [4.78, 5) is 0. The van der Waals surface area contributed by atoms with Gasteiger partial charge in [0.05, 0.1) is 0 Å². The number of terminal acetylenes is 2. The molecule has 0 bridgehead atoms. The zero-order chi connectivity index (χ0) is 13.4. The van der Waals surface area contributed by atoms with Gasteiger partial charge < -0.3 is 0 Å². The van der Waals surface area contributed by atoms with E-state index in [-0.39, 0.29) is 11.8 Å². The molecule has 0 heterocycles. The fourth-order valence-electron chi connectivity index (χ4n) is 0.576. The summed E-state index contributed by atoms with van der Waals surface area (Å²) >= 11 is 0. The summed E-state index contributed by atoms with van der Waals surface area (Å²) in [6, 6.07) is 0. The molecular weight excluding hydrogens is 248 g/mol. The minimum Gasteiger partial charge on any atom is -0.191 e. The average molecular weight is 250 g/mol. The number of alkyl halides is 8. The van der Waals surface area contributed by atoms with E-state index in [9.17, 15) is 35.1 Å². The molecule has 90 valence electrons. The van der Waals surface area contributed by atoms with Gasteiger partial charge in [-0.1, -0.05) is 0 Å². The Hall–Kier alpha value is -1.44. The molecule has 0 aliphatic rings. The fraction of sp³-hybridized carbons (Fsp3) is 0.500. The Morgan fingerprint density at radius 3 is 0.875 bits per heavy atom. The number of halogens is 8. The summed E-state index contributed by atoms with van der Waals surface area (Å²) in [5.74, 6) is -24.4. The van der Waals surface area contributed by atoms with E-state index in [0.29, 0.717) is 0 Å². The van der Waals surface area contributed by atoms with Gasteiger partial charge in [-0.15, -0.1) is 12.8 Å². The molecule has 0 aromatic rings. The van der Waals surface area contributed by atoms with Crippen LogP contribution in [0.5, 0.6) is 0 Å². The van der Waals surface area contributed by atoms with E-state index in [1.54, 1.807) is 0 Å². The number of hydrogen-bond acceptors (Lipinski definition) is 0. The van der Waals surface area contributed by atoms with Crippen LogP contribution in [-0.4, -0.2) is 23.7 Å². The van der Waals surface area contributed by atoms with Gasteiger partial charge in [-0.2, -0.15) is 35.1 Å². The predicted molar refractivity (Wildman–Crippen MR) is 37.5 cm³/mol. The highest BCUT2D eigenvalue weighted by Gasteiger charge is 2.80. The first-order chi connectivity index (χ1) is 6.87. The third-order valence-corrected chi connectivity index (χ3v) is 1.55. The minimum atomic E-state index is -6.47. The van der Waals surface area contributed by atoms with Crippen LogP contribution in [0.3, 0.4) is 0 Å². The monoisotopic (exact) mass is 250 g/mol. The van der Waals surface area contributed by atoms with Gasteiger partial charge in [-0.05, 0) is 11.8 Å². The first-order valence-corrected chi connectivity index (χ1v) is 3.34. The van der Waals surface area contributed by atoms with Gasteiger partial charge >= 0.3 is 23.7 Å². The maximum atomic E-state index is 12.4. The summed E-state index contributed by atoms with van der Waals surface area (Å²) < 4.78 is 98.7. The van der Waals surface area contributed by atoms with Gasteiger partial charge in [0.1, 0.15) is 0 Å². The lowest BCUT2D eigenvalue weighted by Gasteiger charge is -2.32. The lowest BCUT2D eigenvalue weighted by atomic mass is 9.99. The molecule has 0 spiro atoms. The highest BCUT2D eigenvalue weighted by molar-refractivity contribution is 5.20. The summed E-state index contributed by atoms with van der Waals surface area (Å²) in [5, 5.41) is 0. The van der Waals surface area contributed by atoms with E-state index >= 15 is 0 Å². The van der Waals surface area contributed by atoms with Crippen molar-refractivity contribution in [1.29, 1.82) is 0 Å². The topological polar surface area (TPSA) is 0 Å². The van der Waals surface area contributed by atoms with Crippen LogP contribution >= 0.6 is 0 Å². The third-order valence-electron chi connectivity index (χ3n) is 1.55. The number of rotatable bonds is 3. The average Bonchev–Trinajstić information content (AvgIpc) is 2.16. The van der Waals surface area contributed by atoms with E-state index in [1.807, 2.05) is 0 Å². The van der Waals surface area contributed by atoms with E-state index in [0.717, 1.165) is 0 Å². The smallest absolute Gasteiger partial charge is 0.191 e. The minimum absolute atomic E-state index is 0.0186. The summed E-state index contributed by atoms with van der Waals surface area (Å²) in [6.07, 6.45) is 7.73. The van der Waals surface area contributed by atoms with Crippen molar-refractivity contribution < 1.29 is 35.1 Å². The fourth-order valence-corrected chi connectivity index (χ4v) is 0.576. The van der Waals surface area contributed by atoms with Crippen molar-refractivity contribution in [3.05, 3.63) is 0 Å². The van der Waals surface area contributed by atoms with Crippen molar-refractivity contribution in [3.63, 3.8) is 0 Å². The Bertz CT molecular complexity index is 317. The Morgan fingerprint density at radius 1 is 0.562 bits per heavy atom. The summed E-state index contributed by atoms with van der Waals surface area (Å²) in [5.41, 5.74) is 0. The predicted octanol–water partition coefficient (Wildman–Crippen LogP) is 2.79. The molecule has 0 amide bonds. The Kier molecular flexibility index (Phi) is 3.23. The van der Waals surface area contributed by atoms with E-state index in [2.05, 4.69) is 12.8 Å². The molecule has 0 fully saturated rings. The molecule has 8 heteroatoms. The standard InChI is InChI=1S/C8H2F8/c1-3-5(9,10)7(13,14)8(15,16)6(11,12)4-2/h1-2H. The third kappa shape index (κ3) is 1.69. The molecule has 0 saturated carbocycles. The molecule has 16 heavy (non-hydrogen) atoms. The van der Waals surface area contributed by atoms with Crippen LogP contribution in [-0.2, 0) is 0 Å². The van der Waals surface area contributed by atoms with E-state index in [4.69, 9.17) is 0 Å². The Labute approximate surface area is 84.6 Å². The molecule has 0 aliphatic carbocycles. The van der Waals surface area contributed by atoms with Crippen molar-refractivity contribution >= 4 is 0 Å². The first kappa shape index (κ1) is 14.6. The van der Waals surface area contributed by atoms with E-state index < -0.39 is 23.7 Å². The normalized spacial score (nSPS) is 14.1. The highest BCUT2D eigenvalue weighted by atomic mass is 19.4. The van der Waals surface area contributed by atoms with Crippen molar-refractivity contribution in [1.82, 2.24) is 0 Å². The SMILES string of the molecule is C#CC(F)(F)C(F)(F)C(F)(F)C(F)(F)C#C. The van der Waals surface area contributed by atoms with Crippen LogP contribution in [0, 0.1) is 24.7 Å². The zero-order valence-corrected chi connectivity index (χ0v) is 7.18. The molecule has 0 rings (SSSR count). The maximum Gasteiger partial charge on any atom is 0.390 e. The van der Waals surface area contributed by atoms with Crippen LogP contribution in [0.2, 0.25) is 0 Å². The van der Waals surface area contributed by atoms with Gasteiger partial charge in [0, 0.05) is 0 Å². The Morgan fingerprint density at radius 2 is 0.750 bits per heavy atom. The maximum absolute atomic E-state index is 12.4. The van der Waals surface area contributed by atoms with Crippen molar-refractivity contribution in [3.8, 4) is 24.7 Å². The highest BCUT2D eigenvalue weighted by Crippen LogP contribution is 2.51. The van der Waals surface area contributed by atoms with Crippen LogP contribution in [0.4, 0.5) is 35.1 Å². The quantitative estimate of drug-likeness (QED) is 0.533. The van der Waals surface area contributed by atoms with Gasteiger partial charge in [0.2, 0.25) is 0 Å². The number of hydrogen-bond donors (Lipinski definition) is 0. The lowest BCUT2D eigenvalue weighted by Crippen LogP contribution is -2.61. The van der Waals surface area contributed by atoms with Gasteiger partial charge in [0.15, 0.2) is 0 Å². The molecule has 0 aliphatic heterocycles. The second-order valence-corrected chi connectivity index (χ2v) is 2.59. The summed E-state index contributed by atoms with van der Waals surface area (Å²) in [7, 11) is 0. The molecule has 0 atom stereocenters. The van der Waals surface area contributed by atoms with Gasteiger partial charge in [0.25, 0.3) is 0 Å².